The Labute approximate surface area is 150 Å². The summed E-state index contributed by atoms with van der Waals surface area (Å²) >= 11 is 13.4. The highest BCUT2D eigenvalue weighted by molar-refractivity contribution is 7.09. The van der Waals surface area contributed by atoms with Crippen molar-refractivity contribution in [3.8, 4) is 0 Å². The molecule has 0 radical (unpaired) electrons. The van der Waals surface area contributed by atoms with E-state index in [9.17, 15) is 4.79 Å². The topological polar surface area (TPSA) is 68.0 Å². The third-order valence-electron chi connectivity index (χ3n) is 3.39. The van der Waals surface area contributed by atoms with Crippen LogP contribution in [0.3, 0.4) is 0 Å². The third-order valence-corrected chi connectivity index (χ3v) is 4.96. The zero-order valence-corrected chi connectivity index (χ0v) is 15.1. The smallest absolute Gasteiger partial charge is 0.271 e. The van der Waals surface area contributed by atoms with Gasteiger partial charge in [-0.05, 0) is 24.1 Å². The maximum absolute atomic E-state index is 12.2. The van der Waals surface area contributed by atoms with Gasteiger partial charge in [-0.1, -0.05) is 49.0 Å². The predicted octanol–water partition coefficient (Wildman–Crippen LogP) is 4.57. The minimum atomic E-state index is -0.235. The largest absolute Gasteiger partial charge is 0.347 e. The average molecular weight is 372 g/mol. The van der Waals surface area contributed by atoms with Crippen LogP contribution in [0.25, 0.3) is 0 Å². The summed E-state index contributed by atoms with van der Waals surface area (Å²) in [5.41, 5.74) is 7.28. The first-order valence-corrected chi connectivity index (χ1v) is 9.08. The van der Waals surface area contributed by atoms with E-state index in [1.54, 1.807) is 23.6 Å². The van der Waals surface area contributed by atoms with Crippen LogP contribution >= 0.6 is 34.5 Å². The molecule has 2 rings (SSSR count). The van der Waals surface area contributed by atoms with Gasteiger partial charge in [-0.2, -0.15) is 0 Å². The first kappa shape index (κ1) is 18.2. The molecule has 1 unspecified atom stereocenters. The molecule has 0 aliphatic rings. The van der Waals surface area contributed by atoms with Gasteiger partial charge in [-0.25, -0.2) is 4.98 Å². The van der Waals surface area contributed by atoms with Gasteiger partial charge in [0, 0.05) is 22.0 Å². The highest BCUT2D eigenvalue weighted by atomic mass is 35.5. The molecule has 0 fully saturated rings. The van der Waals surface area contributed by atoms with Crippen LogP contribution in [-0.4, -0.2) is 10.9 Å². The van der Waals surface area contributed by atoms with E-state index >= 15 is 0 Å². The fraction of sp³-hybridized carbons (Fsp3) is 0.375. The number of halogens is 2. The Kier molecular flexibility index (Phi) is 6.84. The van der Waals surface area contributed by atoms with Gasteiger partial charge in [0.1, 0.15) is 10.7 Å². The summed E-state index contributed by atoms with van der Waals surface area (Å²) in [7, 11) is 0. The van der Waals surface area contributed by atoms with E-state index in [2.05, 4.69) is 17.2 Å². The second-order valence-electron chi connectivity index (χ2n) is 5.24. The number of carbonyl (C=O) groups excluding carboxylic acids is 1. The first-order chi connectivity index (χ1) is 11.0. The van der Waals surface area contributed by atoms with Crippen molar-refractivity contribution in [2.75, 3.05) is 0 Å². The number of nitrogens with one attached hydrogen (secondary N) is 1. The number of nitrogens with zero attached hydrogens (tertiary/aromatic N) is 1. The number of unbranched alkanes of at least 4 members (excludes halogenated alkanes) is 1. The normalized spacial score (nSPS) is 12.2. The number of amides is 1. The maximum Gasteiger partial charge on any atom is 0.271 e. The molecule has 0 saturated carbocycles. The Balaban J connectivity index is 1.94. The number of hydrogen-bond donors (Lipinski definition) is 2. The van der Waals surface area contributed by atoms with Gasteiger partial charge in [0.25, 0.3) is 5.91 Å². The van der Waals surface area contributed by atoms with Gasteiger partial charge in [-0.3, -0.25) is 4.79 Å². The molecular weight excluding hydrogens is 353 g/mol. The van der Waals surface area contributed by atoms with E-state index < -0.39 is 0 Å². The highest BCUT2D eigenvalue weighted by Crippen LogP contribution is 2.22. The Bertz CT molecular complexity index is 675. The fourth-order valence-electron chi connectivity index (χ4n) is 2.04. The van der Waals surface area contributed by atoms with Gasteiger partial charge in [0.2, 0.25) is 0 Å². The summed E-state index contributed by atoms with van der Waals surface area (Å²) in [4.78, 5) is 16.5. The van der Waals surface area contributed by atoms with Gasteiger partial charge >= 0.3 is 0 Å². The number of rotatable bonds is 7. The van der Waals surface area contributed by atoms with Crippen molar-refractivity contribution in [3.05, 3.63) is 49.9 Å². The van der Waals surface area contributed by atoms with Crippen molar-refractivity contribution in [2.45, 2.75) is 38.8 Å². The molecule has 0 spiro atoms. The molecule has 1 aromatic carbocycles. The van der Waals surface area contributed by atoms with Crippen LogP contribution in [0.2, 0.25) is 10.0 Å². The summed E-state index contributed by atoms with van der Waals surface area (Å²) in [5, 5.41) is 6.43. The molecule has 1 aromatic heterocycles. The maximum atomic E-state index is 12.2. The van der Waals surface area contributed by atoms with E-state index in [1.165, 1.54) is 11.3 Å². The molecule has 7 heteroatoms. The lowest BCUT2D eigenvalue weighted by atomic mass is 10.1. The summed E-state index contributed by atoms with van der Waals surface area (Å²) in [6.45, 7) is 2.44. The number of aromatic nitrogens is 1. The monoisotopic (exact) mass is 371 g/mol. The van der Waals surface area contributed by atoms with Crippen molar-refractivity contribution in [1.29, 1.82) is 0 Å². The van der Waals surface area contributed by atoms with Crippen molar-refractivity contribution >= 4 is 40.4 Å². The molecule has 0 bridgehead atoms. The zero-order valence-electron chi connectivity index (χ0n) is 12.8. The lowest BCUT2D eigenvalue weighted by Crippen LogP contribution is -2.23. The Hall–Kier alpha value is -1.14. The van der Waals surface area contributed by atoms with E-state index in [1.807, 2.05) is 0 Å². The summed E-state index contributed by atoms with van der Waals surface area (Å²) < 4.78 is 0. The molecule has 1 atom stereocenters. The lowest BCUT2D eigenvalue weighted by molar-refractivity contribution is 0.0946. The number of benzene rings is 1. The van der Waals surface area contributed by atoms with Gasteiger partial charge in [0.05, 0.1) is 6.04 Å². The van der Waals surface area contributed by atoms with Crippen molar-refractivity contribution in [3.63, 3.8) is 0 Å². The van der Waals surface area contributed by atoms with Crippen LogP contribution in [0.4, 0.5) is 0 Å². The molecule has 1 amide bonds. The molecule has 4 nitrogen and oxygen atoms in total. The van der Waals surface area contributed by atoms with Crippen LogP contribution in [0, 0.1) is 0 Å². The minimum absolute atomic E-state index is 0.104. The predicted molar refractivity (Wildman–Crippen MR) is 96.2 cm³/mol. The quantitative estimate of drug-likeness (QED) is 0.748. The van der Waals surface area contributed by atoms with E-state index in [4.69, 9.17) is 28.9 Å². The standard InChI is InChI=1S/C16H19Cl2N3OS/c1-2-3-4-13(19)16-21-14(9-23-16)15(22)20-8-10-5-6-11(17)7-12(10)18/h5-7,9,13H,2-4,8,19H2,1H3,(H,20,22). The second kappa shape index (κ2) is 8.64. The first-order valence-electron chi connectivity index (χ1n) is 7.44. The second-order valence-corrected chi connectivity index (χ2v) is 6.97. The van der Waals surface area contributed by atoms with Crippen LogP contribution in [-0.2, 0) is 6.54 Å². The Morgan fingerprint density at radius 1 is 1.43 bits per heavy atom. The SMILES string of the molecule is CCCCC(N)c1nc(C(=O)NCc2ccc(Cl)cc2Cl)cs1. The molecule has 124 valence electrons. The summed E-state index contributed by atoms with van der Waals surface area (Å²) in [5.74, 6) is -0.235. The summed E-state index contributed by atoms with van der Waals surface area (Å²) in [6, 6.07) is 5.08. The lowest BCUT2D eigenvalue weighted by Gasteiger charge is -2.07. The van der Waals surface area contributed by atoms with Gasteiger partial charge in [-0.15, -0.1) is 11.3 Å². The summed E-state index contributed by atoms with van der Waals surface area (Å²) in [6.07, 6.45) is 3.02. The molecule has 1 heterocycles. The van der Waals surface area contributed by atoms with Crippen LogP contribution in [0.1, 0.15) is 53.3 Å². The molecule has 2 aromatic rings. The molecule has 0 aliphatic heterocycles. The molecule has 3 N–H and O–H groups in total. The van der Waals surface area contributed by atoms with Crippen molar-refractivity contribution < 1.29 is 4.79 Å². The number of hydrogen-bond acceptors (Lipinski definition) is 4. The van der Waals surface area contributed by atoms with Crippen LogP contribution in [0.5, 0.6) is 0 Å². The zero-order chi connectivity index (χ0) is 16.8. The van der Waals surface area contributed by atoms with Gasteiger partial charge < -0.3 is 11.1 Å². The third kappa shape index (κ3) is 5.18. The Morgan fingerprint density at radius 2 is 2.22 bits per heavy atom. The fourth-order valence-corrected chi connectivity index (χ4v) is 3.35. The molecule has 0 aliphatic carbocycles. The van der Waals surface area contributed by atoms with Crippen molar-refractivity contribution in [2.24, 2.45) is 5.73 Å². The van der Waals surface area contributed by atoms with E-state index in [0.29, 0.717) is 22.3 Å². The van der Waals surface area contributed by atoms with E-state index in [0.717, 1.165) is 29.8 Å². The number of thiazole rings is 1. The number of nitrogens with two attached hydrogens (primary N) is 1. The molecular formula is C16H19Cl2N3OS. The van der Waals surface area contributed by atoms with Crippen molar-refractivity contribution in [1.82, 2.24) is 10.3 Å². The van der Waals surface area contributed by atoms with Crippen LogP contribution < -0.4 is 11.1 Å². The highest BCUT2D eigenvalue weighted by Gasteiger charge is 2.15. The average Bonchev–Trinajstić information content (AvgIpc) is 3.01. The Morgan fingerprint density at radius 3 is 2.91 bits per heavy atom. The minimum Gasteiger partial charge on any atom is -0.347 e. The molecule has 23 heavy (non-hydrogen) atoms. The molecule has 0 saturated heterocycles. The number of carbonyl (C=O) groups is 1. The van der Waals surface area contributed by atoms with E-state index in [-0.39, 0.29) is 11.9 Å². The van der Waals surface area contributed by atoms with Gasteiger partial charge in [0.15, 0.2) is 0 Å². The van der Waals surface area contributed by atoms with Crippen LogP contribution in [0.15, 0.2) is 23.6 Å².